The second kappa shape index (κ2) is 12.3. The first-order chi connectivity index (χ1) is 20.3. The van der Waals surface area contributed by atoms with E-state index in [2.05, 4.69) is 32.2 Å². The van der Waals surface area contributed by atoms with Crippen LogP contribution in [0.15, 0.2) is 67.5 Å². The molecule has 3 N–H and O–H groups in total. The Labute approximate surface area is 244 Å². The molecule has 216 valence electrons. The van der Waals surface area contributed by atoms with Crippen molar-refractivity contribution < 1.29 is 9.53 Å². The molecule has 0 spiro atoms. The summed E-state index contributed by atoms with van der Waals surface area (Å²) < 4.78 is 7.88. The monoisotopic (exact) mass is 565 g/mol. The van der Waals surface area contributed by atoms with E-state index in [1.807, 2.05) is 81.2 Å². The number of carbonyl (C=O) groups is 1. The normalized spacial score (nSPS) is 12.0. The van der Waals surface area contributed by atoms with Gasteiger partial charge >= 0.3 is 0 Å². The zero-order valence-electron chi connectivity index (χ0n) is 24.3. The molecule has 0 aliphatic heterocycles. The third-order valence-corrected chi connectivity index (χ3v) is 7.23. The number of nitrogens with two attached hydrogens (primary N) is 1. The van der Waals surface area contributed by atoms with E-state index in [-0.39, 0.29) is 17.6 Å². The molecule has 1 atom stereocenters. The fraction of sp³-hybridized carbons (Fsp3) is 0.290. The van der Waals surface area contributed by atoms with Crippen molar-refractivity contribution in [2.75, 3.05) is 29.9 Å². The SMILES string of the molecule is C=CC(=O)C(CN(CCN)c1ccc2ncnc(Nc3ccc(Oc4ccc5c(c4)nnn5C)c(C)c3)c2n1)C(C)C. The minimum absolute atomic E-state index is 0.00980. The van der Waals surface area contributed by atoms with E-state index in [1.54, 1.807) is 4.68 Å². The van der Waals surface area contributed by atoms with Crippen molar-refractivity contribution in [3.05, 3.63) is 73.1 Å². The van der Waals surface area contributed by atoms with Crippen LogP contribution < -0.4 is 20.7 Å². The van der Waals surface area contributed by atoms with E-state index in [0.29, 0.717) is 48.1 Å². The molecule has 0 fully saturated rings. The number of nitrogens with one attached hydrogen (secondary N) is 1. The molecule has 5 aromatic rings. The Kier molecular flexibility index (Phi) is 8.39. The van der Waals surface area contributed by atoms with Gasteiger partial charge < -0.3 is 20.7 Å². The fourth-order valence-electron chi connectivity index (χ4n) is 4.86. The van der Waals surface area contributed by atoms with E-state index >= 15 is 0 Å². The quantitative estimate of drug-likeness (QED) is 0.200. The largest absolute Gasteiger partial charge is 0.457 e. The molecule has 42 heavy (non-hydrogen) atoms. The number of anilines is 3. The second-order valence-electron chi connectivity index (χ2n) is 10.5. The van der Waals surface area contributed by atoms with Crippen molar-refractivity contribution in [1.82, 2.24) is 29.9 Å². The molecule has 2 aromatic carbocycles. The van der Waals surface area contributed by atoms with Crippen molar-refractivity contribution in [2.45, 2.75) is 20.8 Å². The van der Waals surface area contributed by atoms with Gasteiger partial charge in [0, 0.05) is 44.4 Å². The number of ketones is 1. The predicted molar refractivity (Wildman–Crippen MR) is 165 cm³/mol. The molecule has 0 saturated heterocycles. The summed E-state index contributed by atoms with van der Waals surface area (Å²) in [6.07, 6.45) is 2.90. The maximum absolute atomic E-state index is 12.6. The van der Waals surface area contributed by atoms with Crippen LogP contribution in [0.4, 0.5) is 17.3 Å². The lowest BCUT2D eigenvalue weighted by Gasteiger charge is -2.29. The van der Waals surface area contributed by atoms with Gasteiger partial charge in [-0.1, -0.05) is 25.6 Å². The van der Waals surface area contributed by atoms with Gasteiger partial charge in [0.05, 0.1) is 11.0 Å². The minimum Gasteiger partial charge on any atom is -0.457 e. The molecule has 0 amide bonds. The zero-order chi connectivity index (χ0) is 29.8. The van der Waals surface area contributed by atoms with Gasteiger partial charge in [0.2, 0.25) is 0 Å². The summed E-state index contributed by atoms with van der Waals surface area (Å²) in [5.74, 6) is 2.61. The molecular weight excluding hydrogens is 530 g/mol. The van der Waals surface area contributed by atoms with Crippen LogP contribution in [0.3, 0.4) is 0 Å². The Balaban J connectivity index is 1.39. The van der Waals surface area contributed by atoms with Crippen molar-refractivity contribution >= 4 is 45.2 Å². The molecule has 11 heteroatoms. The maximum atomic E-state index is 12.6. The summed E-state index contributed by atoms with van der Waals surface area (Å²) in [4.78, 5) is 28.4. The summed E-state index contributed by atoms with van der Waals surface area (Å²) in [6.45, 7) is 11.2. The number of carbonyl (C=O) groups excluding carboxylic acids is 1. The van der Waals surface area contributed by atoms with Gasteiger partial charge in [-0.2, -0.15) is 0 Å². The molecule has 0 saturated carbocycles. The highest BCUT2D eigenvalue weighted by atomic mass is 16.5. The average Bonchev–Trinajstić information content (AvgIpc) is 3.35. The van der Waals surface area contributed by atoms with Gasteiger partial charge in [-0.3, -0.25) is 4.79 Å². The molecule has 0 aliphatic carbocycles. The second-order valence-corrected chi connectivity index (χ2v) is 10.5. The Bertz CT molecular complexity index is 1750. The van der Waals surface area contributed by atoms with Crippen molar-refractivity contribution in [3.8, 4) is 11.5 Å². The lowest BCUT2D eigenvalue weighted by Crippen LogP contribution is -2.38. The molecule has 1 unspecified atom stereocenters. The van der Waals surface area contributed by atoms with Crippen LogP contribution in [0.1, 0.15) is 19.4 Å². The van der Waals surface area contributed by atoms with Crippen molar-refractivity contribution in [3.63, 3.8) is 0 Å². The van der Waals surface area contributed by atoms with Crippen molar-refractivity contribution in [1.29, 1.82) is 0 Å². The van der Waals surface area contributed by atoms with Gasteiger partial charge in [0.1, 0.15) is 34.7 Å². The smallest absolute Gasteiger partial charge is 0.160 e. The minimum atomic E-state index is -0.220. The Morgan fingerprint density at radius 1 is 1.14 bits per heavy atom. The van der Waals surface area contributed by atoms with Crippen LogP contribution >= 0.6 is 0 Å². The number of hydrogen-bond acceptors (Lipinski definition) is 10. The Morgan fingerprint density at radius 3 is 2.71 bits per heavy atom. The summed E-state index contributed by atoms with van der Waals surface area (Å²) in [5, 5.41) is 11.6. The van der Waals surface area contributed by atoms with Gasteiger partial charge in [-0.15, -0.1) is 5.10 Å². The number of aryl methyl sites for hydroxylation is 2. The number of aromatic nitrogens is 6. The highest BCUT2D eigenvalue weighted by molar-refractivity contribution is 5.92. The number of benzene rings is 2. The molecule has 5 rings (SSSR count). The van der Waals surface area contributed by atoms with Crippen LogP contribution in [-0.4, -0.2) is 55.4 Å². The van der Waals surface area contributed by atoms with Gasteiger partial charge in [0.25, 0.3) is 0 Å². The Morgan fingerprint density at radius 2 is 1.98 bits per heavy atom. The van der Waals surface area contributed by atoms with Crippen LogP contribution in [0.25, 0.3) is 22.1 Å². The third-order valence-electron chi connectivity index (χ3n) is 7.23. The average molecular weight is 566 g/mol. The lowest BCUT2D eigenvalue weighted by atomic mass is 9.91. The molecule has 0 bridgehead atoms. The summed E-state index contributed by atoms with van der Waals surface area (Å²) in [5.41, 5.74) is 10.7. The van der Waals surface area contributed by atoms with Gasteiger partial charge in [0.15, 0.2) is 11.6 Å². The van der Waals surface area contributed by atoms with E-state index in [4.69, 9.17) is 15.5 Å². The summed E-state index contributed by atoms with van der Waals surface area (Å²) in [6, 6.07) is 15.3. The van der Waals surface area contributed by atoms with E-state index < -0.39 is 0 Å². The highest BCUT2D eigenvalue weighted by Crippen LogP contribution is 2.31. The summed E-state index contributed by atoms with van der Waals surface area (Å²) in [7, 11) is 1.85. The first-order valence-electron chi connectivity index (χ1n) is 13.9. The van der Waals surface area contributed by atoms with Crippen LogP contribution in [0.5, 0.6) is 11.5 Å². The standard InChI is InChI=1S/C31H35N9O2/c1-6-27(41)23(19(2)3)17-40(14-13-32)29-12-9-24-30(36-29)31(34-18-33-24)35-21-7-11-28(20(4)15-21)42-22-8-10-26-25(16-22)37-38-39(26)5/h6-12,15-16,18-19,23H,1,13-14,17,32H2,2-5H3,(H,33,34,35). The number of hydrogen-bond donors (Lipinski definition) is 2. The predicted octanol–water partition coefficient (Wildman–Crippen LogP) is 4.94. The topological polar surface area (TPSA) is 137 Å². The molecule has 3 aromatic heterocycles. The Hall–Kier alpha value is -4.90. The number of pyridine rings is 1. The van der Waals surface area contributed by atoms with Gasteiger partial charge in [-0.25, -0.2) is 19.6 Å². The lowest BCUT2D eigenvalue weighted by molar-refractivity contribution is -0.119. The number of nitrogens with zero attached hydrogens (tertiary/aromatic N) is 7. The molecule has 11 nitrogen and oxygen atoms in total. The van der Waals surface area contributed by atoms with Crippen LogP contribution in [-0.2, 0) is 11.8 Å². The first kappa shape index (κ1) is 28.6. The van der Waals surface area contributed by atoms with E-state index in [9.17, 15) is 4.79 Å². The van der Waals surface area contributed by atoms with Gasteiger partial charge in [-0.05, 0) is 66.9 Å². The highest BCUT2D eigenvalue weighted by Gasteiger charge is 2.24. The number of rotatable bonds is 12. The summed E-state index contributed by atoms with van der Waals surface area (Å²) >= 11 is 0. The van der Waals surface area contributed by atoms with E-state index in [0.717, 1.165) is 28.0 Å². The maximum Gasteiger partial charge on any atom is 0.160 e. The van der Waals surface area contributed by atoms with E-state index in [1.165, 1.54) is 12.4 Å². The zero-order valence-corrected chi connectivity index (χ0v) is 24.3. The number of allylic oxidation sites excluding steroid dienone is 1. The van der Waals surface area contributed by atoms with Crippen LogP contribution in [0.2, 0.25) is 0 Å². The molecule has 0 aliphatic rings. The molecule has 3 heterocycles. The fourth-order valence-corrected chi connectivity index (χ4v) is 4.86. The molecule has 0 radical (unpaired) electrons. The number of ether oxygens (including phenoxy) is 1. The third kappa shape index (κ3) is 6.06. The van der Waals surface area contributed by atoms with Crippen LogP contribution in [0, 0.1) is 18.8 Å². The van der Waals surface area contributed by atoms with Crippen molar-refractivity contribution in [2.24, 2.45) is 24.6 Å². The molecular formula is C31H35N9O2. The number of fused-ring (bicyclic) bond motifs is 2. The first-order valence-corrected chi connectivity index (χ1v) is 13.9.